The highest BCUT2D eigenvalue weighted by molar-refractivity contribution is 7.91. The van der Waals surface area contributed by atoms with Crippen LogP contribution in [0.15, 0.2) is 16.6 Å². The molecule has 11 heteroatoms. The van der Waals surface area contributed by atoms with Gasteiger partial charge < -0.3 is 11.1 Å². The number of anilines is 2. The molecule has 9 nitrogen and oxygen atoms in total. The van der Waals surface area contributed by atoms with Crippen LogP contribution in [0, 0.1) is 0 Å². The van der Waals surface area contributed by atoms with Crippen LogP contribution in [0.4, 0.5) is 10.9 Å². The van der Waals surface area contributed by atoms with Crippen molar-refractivity contribution in [3.05, 3.63) is 12.3 Å². The van der Waals surface area contributed by atoms with E-state index in [1.54, 1.807) is 0 Å². The molecule has 0 aliphatic carbocycles. The van der Waals surface area contributed by atoms with Crippen molar-refractivity contribution in [2.75, 3.05) is 11.1 Å². The number of nitrogens with one attached hydrogen (secondary N) is 1. The molecule has 0 atom stereocenters. The topological polar surface area (TPSA) is 133 Å². The maximum Gasteiger partial charge on any atom is 0.312 e. The first kappa shape index (κ1) is 12.4. The van der Waals surface area contributed by atoms with Crippen LogP contribution < -0.4 is 11.1 Å². The third-order valence-corrected chi connectivity index (χ3v) is 4.48. The zero-order valence-electron chi connectivity index (χ0n) is 9.06. The van der Waals surface area contributed by atoms with Gasteiger partial charge >= 0.3 is 10.0 Å². The van der Waals surface area contributed by atoms with Gasteiger partial charge in [0, 0.05) is 19.2 Å². The molecule has 3 N–H and O–H groups in total. The Morgan fingerprint density at radius 3 is 2.78 bits per heavy atom. The van der Waals surface area contributed by atoms with Crippen molar-refractivity contribution < 1.29 is 13.2 Å². The Labute approximate surface area is 106 Å². The van der Waals surface area contributed by atoms with E-state index in [0.717, 1.165) is 11.3 Å². The highest BCUT2D eigenvalue weighted by Gasteiger charge is 2.23. The predicted octanol–water partition coefficient (Wildman–Crippen LogP) is -0.488. The molecule has 2 aromatic rings. The number of amides is 1. The highest BCUT2D eigenvalue weighted by Crippen LogP contribution is 2.21. The third-order valence-electron chi connectivity index (χ3n) is 1.74. The minimum atomic E-state index is -3.91. The first-order valence-electron chi connectivity index (χ1n) is 4.57. The summed E-state index contributed by atoms with van der Waals surface area (Å²) in [4.78, 5) is 10.8. The number of nitrogens with zero attached hydrogens (tertiary/aromatic N) is 4. The Hall–Kier alpha value is -2.01. The average Bonchev–Trinajstić information content (AvgIpc) is 2.86. The SMILES string of the molecule is CC(=O)Nc1nnc(S(=O)(=O)n2ccc(N)n2)s1. The summed E-state index contributed by atoms with van der Waals surface area (Å²) in [6, 6.07) is 1.34. The van der Waals surface area contributed by atoms with E-state index in [9.17, 15) is 13.2 Å². The molecule has 0 aliphatic heterocycles. The summed E-state index contributed by atoms with van der Waals surface area (Å²) in [6.45, 7) is 1.28. The first-order chi connectivity index (χ1) is 8.39. The van der Waals surface area contributed by atoms with Crippen LogP contribution in [0.1, 0.15) is 6.92 Å². The van der Waals surface area contributed by atoms with Gasteiger partial charge in [-0.15, -0.1) is 15.3 Å². The Kier molecular flexibility index (Phi) is 3.00. The summed E-state index contributed by atoms with van der Waals surface area (Å²) in [5.41, 5.74) is 5.34. The molecule has 2 aromatic heterocycles. The molecular formula is C7H8N6O3S2. The molecule has 0 bridgehead atoms. The van der Waals surface area contributed by atoms with E-state index in [2.05, 4.69) is 20.6 Å². The highest BCUT2D eigenvalue weighted by atomic mass is 32.2. The van der Waals surface area contributed by atoms with Gasteiger partial charge in [0.1, 0.15) is 5.82 Å². The largest absolute Gasteiger partial charge is 0.382 e. The molecule has 0 spiro atoms. The Bertz CT molecular complexity index is 688. The minimum Gasteiger partial charge on any atom is -0.382 e. The van der Waals surface area contributed by atoms with Crippen LogP contribution in [0.2, 0.25) is 0 Å². The van der Waals surface area contributed by atoms with E-state index in [1.165, 1.54) is 19.2 Å². The zero-order chi connectivity index (χ0) is 13.3. The van der Waals surface area contributed by atoms with Crippen molar-refractivity contribution in [1.29, 1.82) is 0 Å². The zero-order valence-corrected chi connectivity index (χ0v) is 10.7. The summed E-state index contributed by atoms with van der Waals surface area (Å²) in [5.74, 6) is -0.288. The summed E-state index contributed by atoms with van der Waals surface area (Å²) < 4.78 is 24.4. The molecule has 0 aliphatic rings. The van der Waals surface area contributed by atoms with Gasteiger partial charge in [0.2, 0.25) is 11.0 Å². The first-order valence-corrected chi connectivity index (χ1v) is 6.83. The fraction of sp³-hybridized carbons (Fsp3) is 0.143. The Balaban J connectivity index is 2.36. The van der Waals surface area contributed by atoms with Gasteiger partial charge in [-0.2, -0.15) is 12.5 Å². The number of rotatable bonds is 3. The van der Waals surface area contributed by atoms with Crippen LogP contribution in [0.5, 0.6) is 0 Å². The van der Waals surface area contributed by atoms with Crippen molar-refractivity contribution in [3.8, 4) is 0 Å². The molecule has 96 valence electrons. The lowest BCUT2D eigenvalue weighted by Crippen LogP contribution is -2.13. The molecule has 18 heavy (non-hydrogen) atoms. The second kappa shape index (κ2) is 4.34. The van der Waals surface area contributed by atoms with Crippen LogP contribution in [0.3, 0.4) is 0 Å². The van der Waals surface area contributed by atoms with Crippen molar-refractivity contribution >= 4 is 38.2 Å². The monoisotopic (exact) mass is 288 g/mol. The molecule has 0 aromatic carbocycles. The summed E-state index contributed by atoms with van der Waals surface area (Å²) >= 11 is 0.728. The second-order valence-electron chi connectivity index (χ2n) is 3.17. The summed E-state index contributed by atoms with van der Waals surface area (Å²) in [5, 5.41) is 13.1. The number of hydrogen-bond acceptors (Lipinski definition) is 8. The molecular weight excluding hydrogens is 280 g/mol. The molecule has 0 saturated carbocycles. The van der Waals surface area contributed by atoms with Gasteiger partial charge in [-0.25, -0.2) is 0 Å². The lowest BCUT2D eigenvalue weighted by atomic mass is 10.7. The van der Waals surface area contributed by atoms with E-state index < -0.39 is 10.0 Å². The number of aromatic nitrogens is 4. The van der Waals surface area contributed by atoms with E-state index in [1.807, 2.05) is 0 Å². The quantitative estimate of drug-likeness (QED) is 0.728. The molecule has 0 fully saturated rings. The fourth-order valence-electron chi connectivity index (χ4n) is 1.05. The molecule has 0 saturated heterocycles. The number of hydrogen-bond donors (Lipinski definition) is 2. The Morgan fingerprint density at radius 2 is 2.22 bits per heavy atom. The molecule has 0 unspecified atom stereocenters. The van der Waals surface area contributed by atoms with E-state index in [4.69, 9.17) is 5.73 Å². The summed E-state index contributed by atoms with van der Waals surface area (Å²) in [6.07, 6.45) is 1.20. The smallest absolute Gasteiger partial charge is 0.312 e. The van der Waals surface area contributed by atoms with Crippen LogP contribution in [-0.2, 0) is 14.8 Å². The van der Waals surface area contributed by atoms with Gasteiger partial charge in [0.25, 0.3) is 4.34 Å². The standard InChI is InChI=1S/C7H8N6O3S2/c1-4(14)9-6-10-11-7(17-6)18(15,16)13-3-2-5(8)12-13/h2-3H,1H3,(H2,8,12)(H,9,10,14). The van der Waals surface area contributed by atoms with E-state index in [0.29, 0.717) is 4.09 Å². The lowest BCUT2D eigenvalue weighted by Gasteiger charge is -1.97. The van der Waals surface area contributed by atoms with Gasteiger partial charge in [0.05, 0.1) is 0 Å². The average molecular weight is 288 g/mol. The number of carbonyl (C=O) groups excluding carboxylic acids is 1. The van der Waals surface area contributed by atoms with Gasteiger partial charge in [-0.05, 0) is 0 Å². The van der Waals surface area contributed by atoms with Crippen molar-refractivity contribution in [3.63, 3.8) is 0 Å². The third kappa shape index (κ3) is 2.31. The van der Waals surface area contributed by atoms with Crippen molar-refractivity contribution in [2.45, 2.75) is 11.3 Å². The molecule has 2 rings (SSSR count). The second-order valence-corrected chi connectivity index (χ2v) is 6.12. The normalized spacial score (nSPS) is 11.4. The maximum atomic E-state index is 12.0. The Morgan fingerprint density at radius 1 is 1.50 bits per heavy atom. The number of nitrogens with two attached hydrogens (primary N) is 1. The molecule has 0 radical (unpaired) electrons. The number of nitrogen functional groups attached to an aromatic ring is 1. The van der Waals surface area contributed by atoms with Crippen LogP contribution in [-0.4, -0.2) is 33.7 Å². The molecule has 2 heterocycles. The van der Waals surface area contributed by atoms with Crippen molar-refractivity contribution in [1.82, 2.24) is 19.4 Å². The van der Waals surface area contributed by atoms with E-state index in [-0.39, 0.29) is 21.2 Å². The minimum absolute atomic E-state index is 0.0742. The van der Waals surface area contributed by atoms with Gasteiger partial charge in [0.15, 0.2) is 0 Å². The lowest BCUT2D eigenvalue weighted by molar-refractivity contribution is -0.114. The number of carbonyl (C=O) groups is 1. The van der Waals surface area contributed by atoms with Crippen LogP contribution in [0.25, 0.3) is 0 Å². The van der Waals surface area contributed by atoms with E-state index >= 15 is 0 Å². The van der Waals surface area contributed by atoms with Crippen LogP contribution >= 0.6 is 11.3 Å². The van der Waals surface area contributed by atoms with Crippen molar-refractivity contribution in [2.24, 2.45) is 0 Å². The molecule has 1 amide bonds. The summed E-state index contributed by atoms with van der Waals surface area (Å²) in [7, 11) is -3.91. The predicted molar refractivity (Wildman–Crippen MR) is 63.4 cm³/mol. The fourth-order valence-corrected chi connectivity index (χ4v) is 3.19. The maximum absolute atomic E-state index is 12.0. The van der Waals surface area contributed by atoms with Gasteiger partial charge in [-0.1, -0.05) is 11.3 Å². The van der Waals surface area contributed by atoms with Gasteiger partial charge in [-0.3, -0.25) is 4.79 Å².